The molecule has 4 nitrogen and oxygen atoms in total. The fourth-order valence-electron chi connectivity index (χ4n) is 5.85. The molecule has 3 aliphatic rings. The molecular formula is C26H25BrO4. The number of fused-ring (bicyclic) bond motifs is 5. The Balaban J connectivity index is 1.42. The van der Waals surface area contributed by atoms with E-state index in [1.54, 1.807) is 31.4 Å². The molecule has 0 aliphatic heterocycles. The van der Waals surface area contributed by atoms with Gasteiger partial charge in [0.15, 0.2) is 5.76 Å². The average molecular weight is 481 g/mol. The molecule has 0 spiro atoms. The fourth-order valence-corrected chi connectivity index (χ4v) is 6.12. The third kappa shape index (κ3) is 3.34. The first-order valence-corrected chi connectivity index (χ1v) is 11.6. The van der Waals surface area contributed by atoms with E-state index >= 15 is 0 Å². The van der Waals surface area contributed by atoms with Gasteiger partial charge >= 0.3 is 5.97 Å². The summed E-state index contributed by atoms with van der Waals surface area (Å²) in [6, 6.07) is 13.4. The summed E-state index contributed by atoms with van der Waals surface area (Å²) in [4.78, 5) is 25.9. The number of carbonyl (C=O) groups excluding carboxylic acids is 2. The molecule has 5 rings (SSSR count). The zero-order valence-electron chi connectivity index (χ0n) is 17.7. The monoisotopic (exact) mass is 480 g/mol. The van der Waals surface area contributed by atoms with Crippen molar-refractivity contribution in [3.05, 3.63) is 75.5 Å². The van der Waals surface area contributed by atoms with Gasteiger partial charge in [-0.1, -0.05) is 28.9 Å². The Labute approximate surface area is 190 Å². The lowest BCUT2D eigenvalue weighted by Gasteiger charge is -2.47. The zero-order chi connectivity index (χ0) is 21.8. The molecule has 5 heteroatoms. The molecule has 0 heterocycles. The number of rotatable bonds is 3. The third-order valence-corrected chi connectivity index (χ3v) is 8.07. The van der Waals surface area contributed by atoms with E-state index in [9.17, 15) is 9.59 Å². The van der Waals surface area contributed by atoms with Crippen molar-refractivity contribution in [3.63, 3.8) is 0 Å². The number of Topliss-reactive ketones (excluding diaryl/α,β-unsaturated/α-hetero) is 1. The van der Waals surface area contributed by atoms with Crippen molar-refractivity contribution in [2.24, 2.45) is 17.3 Å². The molecule has 0 saturated heterocycles. The minimum atomic E-state index is -0.486. The second kappa shape index (κ2) is 7.63. The maximum atomic E-state index is 13.3. The van der Waals surface area contributed by atoms with Crippen LogP contribution in [0, 0.1) is 17.3 Å². The van der Waals surface area contributed by atoms with E-state index in [0.717, 1.165) is 35.9 Å². The van der Waals surface area contributed by atoms with Crippen molar-refractivity contribution in [2.45, 2.75) is 38.5 Å². The maximum absolute atomic E-state index is 13.3. The van der Waals surface area contributed by atoms with E-state index in [1.807, 2.05) is 12.1 Å². The van der Waals surface area contributed by atoms with Crippen molar-refractivity contribution in [2.75, 3.05) is 7.11 Å². The van der Waals surface area contributed by atoms with Gasteiger partial charge < -0.3 is 9.47 Å². The SMILES string of the molecule is COc1ccc2c(c1)CC[C@@H]1[C@@H]2CC[C@@]2(C)C(=O)C(OC(=O)c3ccc(Br)cc3)=C[C@@H]12. The van der Waals surface area contributed by atoms with Gasteiger partial charge in [0.1, 0.15) is 5.75 Å². The van der Waals surface area contributed by atoms with E-state index in [1.165, 1.54) is 11.1 Å². The molecule has 1 fully saturated rings. The fraction of sp³-hybridized carbons (Fsp3) is 0.385. The van der Waals surface area contributed by atoms with Gasteiger partial charge in [-0.05, 0) is 97.0 Å². The summed E-state index contributed by atoms with van der Waals surface area (Å²) >= 11 is 3.37. The molecular weight excluding hydrogens is 456 g/mol. The number of hydrogen-bond acceptors (Lipinski definition) is 4. The number of aryl methyl sites for hydroxylation is 1. The molecule has 2 aromatic rings. The lowest BCUT2D eigenvalue weighted by Crippen LogP contribution is -2.43. The van der Waals surface area contributed by atoms with Crippen LogP contribution >= 0.6 is 15.9 Å². The number of benzene rings is 2. The number of carbonyl (C=O) groups is 2. The van der Waals surface area contributed by atoms with Crippen molar-refractivity contribution >= 4 is 27.7 Å². The predicted molar refractivity (Wildman–Crippen MR) is 121 cm³/mol. The van der Waals surface area contributed by atoms with E-state index in [4.69, 9.17) is 9.47 Å². The zero-order valence-corrected chi connectivity index (χ0v) is 19.3. The molecule has 0 radical (unpaired) electrons. The highest BCUT2D eigenvalue weighted by molar-refractivity contribution is 9.10. The van der Waals surface area contributed by atoms with Crippen LogP contribution in [0.2, 0.25) is 0 Å². The van der Waals surface area contributed by atoms with Crippen molar-refractivity contribution in [1.29, 1.82) is 0 Å². The highest BCUT2D eigenvalue weighted by Crippen LogP contribution is 2.59. The number of allylic oxidation sites excluding steroid dienone is 2. The summed E-state index contributed by atoms with van der Waals surface area (Å²) < 4.78 is 11.9. The van der Waals surface area contributed by atoms with Crippen molar-refractivity contribution in [3.8, 4) is 5.75 Å². The standard InChI is InChI=1S/C26H25BrO4/c1-26-12-11-20-19-10-8-18(30-2)13-16(19)5-9-21(20)22(26)14-23(24(26)28)31-25(29)15-3-6-17(27)7-4-15/h3-4,6-8,10,13-14,20-22H,5,9,11-12H2,1-2H3/t20-,21-,22+,26-/m1/s1. The van der Waals surface area contributed by atoms with Crippen LogP contribution in [0.5, 0.6) is 5.75 Å². The first kappa shape index (κ1) is 20.5. The summed E-state index contributed by atoms with van der Waals surface area (Å²) in [6.07, 6.45) is 5.74. The summed E-state index contributed by atoms with van der Waals surface area (Å²) in [7, 11) is 1.70. The predicted octanol–water partition coefficient (Wildman–Crippen LogP) is 5.84. The maximum Gasteiger partial charge on any atom is 0.343 e. The van der Waals surface area contributed by atoms with Crippen LogP contribution in [0.4, 0.5) is 0 Å². The van der Waals surface area contributed by atoms with E-state index in [-0.39, 0.29) is 17.5 Å². The summed E-state index contributed by atoms with van der Waals surface area (Å²) in [5.74, 6) is 1.53. The Morgan fingerprint density at radius 2 is 1.90 bits per heavy atom. The molecule has 2 aromatic carbocycles. The molecule has 160 valence electrons. The summed E-state index contributed by atoms with van der Waals surface area (Å²) in [6.45, 7) is 2.05. The Kier molecular flexibility index (Phi) is 5.04. The normalized spacial score (nSPS) is 28.8. The van der Waals surface area contributed by atoms with E-state index in [2.05, 4.69) is 35.0 Å². The van der Waals surface area contributed by atoms with Gasteiger partial charge in [-0.2, -0.15) is 0 Å². The first-order chi connectivity index (χ1) is 14.9. The Morgan fingerprint density at radius 1 is 1.13 bits per heavy atom. The molecule has 3 aliphatic carbocycles. The van der Waals surface area contributed by atoms with Gasteiger partial charge in [-0.15, -0.1) is 0 Å². The van der Waals surface area contributed by atoms with Crippen LogP contribution < -0.4 is 4.74 Å². The number of hydrogen-bond donors (Lipinski definition) is 0. The topological polar surface area (TPSA) is 52.6 Å². The Bertz CT molecular complexity index is 1090. The van der Waals surface area contributed by atoms with E-state index < -0.39 is 11.4 Å². The van der Waals surface area contributed by atoms with Crippen molar-refractivity contribution in [1.82, 2.24) is 0 Å². The minimum Gasteiger partial charge on any atom is -0.497 e. The van der Waals surface area contributed by atoms with Gasteiger partial charge in [-0.3, -0.25) is 4.79 Å². The van der Waals surface area contributed by atoms with Gasteiger partial charge in [-0.25, -0.2) is 4.79 Å². The number of ketones is 1. The molecule has 0 aromatic heterocycles. The second-order valence-electron chi connectivity index (χ2n) is 9.11. The number of ether oxygens (including phenoxy) is 2. The molecule has 31 heavy (non-hydrogen) atoms. The number of halogens is 1. The quantitative estimate of drug-likeness (QED) is 0.517. The van der Waals surface area contributed by atoms with E-state index in [0.29, 0.717) is 17.4 Å². The van der Waals surface area contributed by atoms with Crippen LogP contribution in [-0.4, -0.2) is 18.9 Å². The minimum absolute atomic E-state index is 0.0260. The third-order valence-electron chi connectivity index (χ3n) is 7.54. The van der Waals surface area contributed by atoms with Gasteiger partial charge in [0.25, 0.3) is 0 Å². The number of esters is 1. The summed E-state index contributed by atoms with van der Waals surface area (Å²) in [5.41, 5.74) is 2.70. The molecule has 4 atom stereocenters. The van der Waals surface area contributed by atoms with Crippen LogP contribution in [0.25, 0.3) is 0 Å². The molecule has 0 amide bonds. The Morgan fingerprint density at radius 3 is 2.65 bits per heavy atom. The molecule has 0 bridgehead atoms. The lowest BCUT2D eigenvalue weighted by molar-refractivity contribution is -0.130. The average Bonchev–Trinajstić information content (AvgIpc) is 3.04. The molecule has 0 unspecified atom stereocenters. The second-order valence-corrected chi connectivity index (χ2v) is 10.0. The number of methoxy groups -OCH3 is 1. The highest BCUT2D eigenvalue weighted by atomic mass is 79.9. The summed E-state index contributed by atoms with van der Waals surface area (Å²) in [5, 5.41) is 0. The smallest absolute Gasteiger partial charge is 0.343 e. The van der Waals surface area contributed by atoms with Crippen LogP contribution in [0.3, 0.4) is 0 Å². The van der Waals surface area contributed by atoms with Gasteiger partial charge in [0.05, 0.1) is 12.7 Å². The molecule has 0 N–H and O–H groups in total. The lowest BCUT2D eigenvalue weighted by atomic mass is 9.55. The Hall–Kier alpha value is -2.40. The van der Waals surface area contributed by atoms with Crippen LogP contribution in [0.15, 0.2) is 58.8 Å². The van der Waals surface area contributed by atoms with Gasteiger partial charge in [0.2, 0.25) is 5.78 Å². The highest BCUT2D eigenvalue weighted by Gasteiger charge is 2.56. The van der Waals surface area contributed by atoms with Crippen LogP contribution in [0.1, 0.15) is 53.6 Å². The van der Waals surface area contributed by atoms with Gasteiger partial charge in [0, 0.05) is 9.89 Å². The van der Waals surface area contributed by atoms with Crippen LogP contribution in [-0.2, 0) is 16.0 Å². The molecule has 1 saturated carbocycles. The largest absolute Gasteiger partial charge is 0.497 e. The van der Waals surface area contributed by atoms with Crippen molar-refractivity contribution < 1.29 is 19.1 Å². The first-order valence-electron chi connectivity index (χ1n) is 10.8.